The minimum absolute atomic E-state index is 0.0621. The molecule has 0 rings (SSSR count). The fourth-order valence-electron chi connectivity index (χ4n) is 0.742. The second kappa shape index (κ2) is 4.98. The Labute approximate surface area is 74.8 Å². The third-order valence-electron chi connectivity index (χ3n) is 1.02. The van der Waals surface area contributed by atoms with Crippen LogP contribution in [0.1, 0.15) is 13.8 Å². The maximum absolute atomic E-state index is 11.9. The lowest BCUT2D eigenvalue weighted by Gasteiger charge is -2.17. The van der Waals surface area contributed by atoms with E-state index in [9.17, 15) is 17.7 Å². The lowest BCUT2D eigenvalue weighted by Crippen LogP contribution is -2.16. The van der Waals surface area contributed by atoms with Gasteiger partial charge in [-0.25, -0.2) is 0 Å². The molecule has 0 aliphatic rings. The maximum Gasteiger partial charge on any atom is 0.400 e. The van der Waals surface area contributed by atoms with Crippen molar-refractivity contribution in [3.63, 3.8) is 0 Å². The van der Waals surface area contributed by atoms with Crippen LogP contribution in [0.25, 0.3) is 0 Å². The van der Waals surface area contributed by atoms with Crippen molar-refractivity contribution in [2.45, 2.75) is 20.0 Å². The van der Waals surface area contributed by atoms with Crippen LogP contribution in [-0.4, -0.2) is 25.6 Å². The minimum Gasteiger partial charge on any atom is -0.309 e. The van der Waals surface area contributed by atoms with E-state index >= 15 is 0 Å². The molecular weight excluding hydrogens is 208 g/mol. The first-order valence-corrected chi connectivity index (χ1v) is 5.50. The number of halogens is 3. The molecule has 0 fully saturated rings. The quantitative estimate of drug-likeness (QED) is 0.668. The molecule has 80 valence electrons. The van der Waals surface area contributed by atoms with Gasteiger partial charge in [-0.15, -0.1) is 0 Å². The average Bonchev–Trinajstić information content (AvgIpc) is 1.82. The topological polar surface area (TPSA) is 35.5 Å². The molecule has 0 aromatic carbocycles. The largest absolute Gasteiger partial charge is 0.400 e. The lowest BCUT2D eigenvalue weighted by atomic mass is 10.8. The Bertz CT molecular complexity index is 182. The highest BCUT2D eigenvalue weighted by molar-refractivity contribution is 7.53. The van der Waals surface area contributed by atoms with Gasteiger partial charge in [-0.3, -0.25) is 4.57 Å². The Hall–Kier alpha value is -0.0600. The molecular formula is C6H12F3O3P. The molecule has 0 radical (unpaired) electrons. The van der Waals surface area contributed by atoms with Gasteiger partial charge in [0.25, 0.3) is 0 Å². The van der Waals surface area contributed by atoms with Crippen LogP contribution in [0.2, 0.25) is 0 Å². The highest BCUT2D eigenvalue weighted by atomic mass is 31.2. The van der Waals surface area contributed by atoms with Gasteiger partial charge in [0.15, 0.2) is 0 Å². The Morgan fingerprint density at radius 3 is 1.77 bits per heavy atom. The first kappa shape index (κ1) is 12.9. The number of rotatable bonds is 5. The lowest BCUT2D eigenvalue weighted by molar-refractivity contribution is -0.110. The van der Waals surface area contributed by atoms with Gasteiger partial charge < -0.3 is 9.05 Å². The summed E-state index contributed by atoms with van der Waals surface area (Å²) in [6.07, 6.45) is -6.05. The predicted octanol–water partition coefficient (Wildman–Crippen LogP) is 2.81. The summed E-state index contributed by atoms with van der Waals surface area (Å²) in [4.78, 5) is 0. The molecule has 0 aromatic rings. The number of alkyl halides is 3. The zero-order valence-electron chi connectivity index (χ0n) is 7.43. The SMILES string of the molecule is CCOP(=O)(CC(F)(F)F)OCC. The van der Waals surface area contributed by atoms with Gasteiger partial charge in [-0.05, 0) is 13.8 Å². The molecule has 0 aromatic heterocycles. The molecule has 0 amide bonds. The summed E-state index contributed by atoms with van der Waals surface area (Å²) in [6.45, 7) is 2.80. The minimum atomic E-state index is -4.53. The monoisotopic (exact) mass is 220 g/mol. The Morgan fingerprint density at radius 2 is 1.54 bits per heavy atom. The van der Waals surface area contributed by atoms with Crippen LogP contribution in [0.3, 0.4) is 0 Å². The van der Waals surface area contributed by atoms with Crippen LogP contribution >= 0.6 is 7.60 Å². The first-order valence-electron chi connectivity index (χ1n) is 3.78. The van der Waals surface area contributed by atoms with Gasteiger partial charge >= 0.3 is 13.8 Å². The number of hydrogen-bond donors (Lipinski definition) is 0. The van der Waals surface area contributed by atoms with E-state index in [4.69, 9.17) is 0 Å². The van der Waals surface area contributed by atoms with Crippen LogP contribution in [0, 0.1) is 0 Å². The van der Waals surface area contributed by atoms with Gasteiger partial charge in [0.2, 0.25) is 0 Å². The van der Waals surface area contributed by atoms with Gasteiger partial charge in [-0.2, -0.15) is 13.2 Å². The molecule has 0 saturated carbocycles. The molecule has 0 bridgehead atoms. The van der Waals surface area contributed by atoms with Crippen LogP contribution in [0.15, 0.2) is 0 Å². The molecule has 0 atom stereocenters. The third-order valence-corrected chi connectivity index (χ3v) is 3.07. The summed E-state index contributed by atoms with van der Waals surface area (Å²) in [6, 6.07) is 0. The molecule has 13 heavy (non-hydrogen) atoms. The van der Waals surface area contributed by atoms with Crippen molar-refractivity contribution in [2.24, 2.45) is 0 Å². The molecule has 0 aliphatic heterocycles. The van der Waals surface area contributed by atoms with Crippen LogP contribution in [0.4, 0.5) is 13.2 Å². The van der Waals surface area contributed by atoms with Gasteiger partial charge in [0.05, 0.1) is 13.2 Å². The fraction of sp³-hybridized carbons (Fsp3) is 1.00. The summed E-state index contributed by atoms with van der Waals surface area (Å²) < 4.78 is 55.8. The molecule has 7 heteroatoms. The molecule has 0 spiro atoms. The van der Waals surface area contributed by atoms with Crippen molar-refractivity contribution in [1.82, 2.24) is 0 Å². The van der Waals surface area contributed by atoms with E-state index in [1.54, 1.807) is 0 Å². The second-order valence-electron chi connectivity index (χ2n) is 2.22. The van der Waals surface area contributed by atoms with Crippen LogP contribution in [-0.2, 0) is 13.6 Å². The highest BCUT2D eigenvalue weighted by Gasteiger charge is 2.40. The van der Waals surface area contributed by atoms with Crippen molar-refractivity contribution >= 4 is 7.60 Å². The van der Waals surface area contributed by atoms with E-state index in [2.05, 4.69) is 9.05 Å². The van der Waals surface area contributed by atoms with Crippen LogP contribution < -0.4 is 0 Å². The molecule has 0 unspecified atom stereocenters. The zero-order valence-corrected chi connectivity index (χ0v) is 8.32. The van der Waals surface area contributed by atoms with E-state index in [0.717, 1.165) is 0 Å². The van der Waals surface area contributed by atoms with Crippen molar-refractivity contribution in [2.75, 3.05) is 19.4 Å². The van der Waals surface area contributed by atoms with E-state index < -0.39 is 19.9 Å². The summed E-state index contributed by atoms with van der Waals surface area (Å²) in [5.41, 5.74) is 0. The molecule has 3 nitrogen and oxygen atoms in total. The van der Waals surface area contributed by atoms with Crippen molar-refractivity contribution < 1.29 is 26.8 Å². The third kappa shape index (κ3) is 6.07. The summed E-state index contributed by atoms with van der Waals surface area (Å²) in [7, 11) is -3.97. The van der Waals surface area contributed by atoms with Gasteiger partial charge in [-0.1, -0.05) is 0 Å². The zero-order chi connectivity index (χ0) is 10.5. The highest BCUT2D eigenvalue weighted by Crippen LogP contribution is 2.51. The average molecular weight is 220 g/mol. The smallest absolute Gasteiger partial charge is 0.309 e. The molecule has 0 saturated heterocycles. The molecule has 0 N–H and O–H groups in total. The molecule has 0 aliphatic carbocycles. The molecule has 0 heterocycles. The Balaban J connectivity index is 4.33. The second-order valence-corrected chi connectivity index (χ2v) is 4.27. The summed E-state index contributed by atoms with van der Waals surface area (Å²) in [5.74, 6) is 0. The Morgan fingerprint density at radius 1 is 1.15 bits per heavy atom. The first-order chi connectivity index (χ1) is 5.83. The van der Waals surface area contributed by atoms with Crippen molar-refractivity contribution in [3.8, 4) is 0 Å². The van der Waals surface area contributed by atoms with Crippen molar-refractivity contribution in [3.05, 3.63) is 0 Å². The van der Waals surface area contributed by atoms with Crippen LogP contribution in [0.5, 0.6) is 0 Å². The summed E-state index contributed by atoms with van der Waals surface area (Å²) in [5, 5.41) is 0. The number of hydrogen-bond acceptors (Lipinski definition) is 3. The van der Waals surface area contributed by atoms with Crippen molar-refractivity contribution in [1.29, 1.82) is 0 Å². The Kier molecular flexibility index (Phi) is 4.96. The van der Waals surface area contributed by atoms with E-state index in [1.807, 2.05) is 0 Å². The van der Waals surface area contributed by atoms with E-state index in [0.29, 0.717) is 0 Å². The predicted molar refractivity (Wildman–Crippen MR) is 41.8 cm³/mol. The van der Waals surface area contributed by atoms with E-state index in [1.165, 1.54) is 13.8 Å². The fourth-order valence-corrected chi connectivity index (χ4v) is 2.22. The van der Waals surface area contributed by atoms with E-state index in [-0.39, 0.29) is 13.2 Å². The van der Waals surface area contributed by atoms with Gasteiger partial charge in [0.1, 0.15) is 6.16 Å². The maximum atomic E-state index is 11.9. The normalized spacial score (nSPS) is 13.3. The van der Waals surface area contributed by atoms with Gasteiger partial charge in [0, 0.05) is 0 Å². The standard InChI is InChI=1S/C6H12F3O3P/c1-3-11-13(10,12-4-2)5-6(7,8)9/h3-5H2,1-2H3. The summed E-state index contributed by atoms with van der Waals surface area (Å²) >= 11 is 0.